The molecular weight excluding hydrogens is 320 g/mol. The first-order valence-electron chi connectivity index (χ1n) is 8.40. The number of hydrogen-bond donors (Lipinski definition) is 1. The average Bonchev–Trinajstić information content (AvgIpc) is 2.66. The van der Waals surface area contributed by atoms with Crippen LogP contribution in [-0.2, 0) is 17.8 Å². The van der Waals surface area contributed by atoms with Crippen molar-refractivity contribution in [3.63, 3.8) is 0 Å². The highest BCUT2D eigenvalue weighted by Crippen LogP contribution is 2.34. The number of hydrogen-bond acceptors (Lipinski definition) is 6. The number of carbonyl (C=O) groups is 1. The van der Waals surface area contributed by atoms with E-state index in [0.717, 1.165) is 11.3 Å². The Bertz CT molecular complexity index is 811. The van der Waals surface area contributed by atoms with E-state index >= 15 is 0 Å². The van der Waals surface area contributed by atoms with Gasteiger partial charge in [0.05, 0.1) is 5.69 Å². The summed E-state index contributed by atoms with van der Waals surface area (Å²) < 4.78 is 11.8. The first-order chi connectivity index (χ1) is 12.2. The molecule has 0 aliphatic carbocycles. The van der Waals surface area contributed by atoms with Crippen LogP contribution < -0.4 is 14.8 Å². The molecule has 3 heterocycles. The zero-order valence-corrected chi connectivity index (χ0v) is 14.2. The Morgan fingerprint density at radius 3 is 2.76 bits per heavy atom. The lowest BCUT2D eigenvalue weighted by Gasteiger charge is -2.36. The summed E-state index contributed by atoms with van der Waals surface area (Å²) in [5.41, 5.74) is 1.96. The van der Waals surface area contributed by atoms with Crippen LogP contribution in [-0.4, -0.2) is 46.8 Å². The third-order valence-corrected chi connectivity index (χ3v) is 4.59. The maximum Gasteiger partial charge on any atom is 0.267 e. The van der Waals surface area contributed by atoms with Gasteiger partial charge < -0.3 is 19.7 Å². The van der Waals surface area contributed by atoms with Gasteiger partial charge in [0, 0.05) is 26.6 Å². The number of nitrogens with one attached hydrogen (secondary N) is 1. The van der Waals surface area contributed by atoms with Crippen molar-refractivity contribution in [3.05, 3.63) is 41.6 Å². The van der Waals surface area contributed by atoms with Crippen molar-refractivity contribution in [2.75, 3.05) is 18.9 Å². The van der Waals surface area contributed by atoms with Crippen molar-refractivity contribution in [2.24, 2.45) is 0 Å². The minimum absolute atomic E-state index is 0.0597. The lowest BCUT2D eigenvalue weighted by Crippen LogP contribution is -2.51. The maximum atomic E-state index is 13.0. The molecule has 4 rings (SSSR count). The molecule has 2 atom stereocenters. The maximum absolute atomic E-state index is 13.0. The summed E-state index contributed by atoms with van der Waals surface area (Å²) in [5.74, 6) is 1.93. The number of anilines is 1. The van der Waals surface area contributed by atoms with E-state index in [1.165, 1.54) is 0 Å². The van der Waals surface area contributed by atoms with Gasteiger partial charge in [-0.15, -0.1) is 5.10 Å². The zero-order chi connectivity index (χ0) is 17.4. The van der Waals surface area contributed by atoms with Gasteiger partial charge in [-0.2, -0.15) is 5.10 Å². The summed E-state index contributed by atoms with van der Waals surface area (Å²) in [6.45, 7) is 2.97. The van der Waals surface area contributed by atoms with E-state index in [2.05, 4.69) is 15.5 Å². The van der Waals surface area contributed by atoms with Gasteiger partial charge in [0.25, 0.3) is 5.91 Å². The Balaban J connectivity index is 1.53. The van der Waals surface area contributed by atoms with Crippen molar-refractivity contribution >= 4 is 11.7 Å². The molecule has 1 aromatic heterocycles. The third-order valence-electron chi connectivity index (χ3n) is 4.59. The van der Waals surface area contributed by atoms with Gasteiger partial charge in [-0.05, 0) is 30.7 Å². The topological polar surface area (TPSA) is 76.6 Å². The normalized spacial score (nSPS) is 21.4. The Morgan fingerprint density at radius 2 is 2.00 bits per heavy atom. The summed E-state index contributed by atoms with van der Waals surface area (Å²) in [7, 11) is 1.80. The van der Waals surface area contributed by atoms with Gasteiger partial charge in [-0.25, -0.2) is 0 Å². The van der Waals surface area contributed by atoms with Crippen LogP contribution in [0.2, 0.25) is 0 Å². The summed E-state index contributed by atoms with van der Waals surface area (Å²) in [4.78, 5) is 14.8. The molecular formula is C18H20N4O3. The second kappa shape index (κ2) is 6.23. The van der Waals surface area contributed by atoms with Crippen molar-refractivity contribution < 1.29 is 14.3 Å². The molecule has 1 amide bonds. The largest absolute Gasteiger partial charge is 0.482 e. The van der Waals surface area contributed by atoms with Crippen molar-refractivity contribution in [1.82, 2.24) is 15.1 Å². The molecule has 2 aliphatic heterocycles. The number of nitrogens with zero attached hydrogens (tertiary/aromatic N) is 3. The van der Waals surface area contributed by atoms with Crippen LogP contribution in [0.25, 0.3) is 0 Å². The second-order valence-electron chi connectivity index (χ2n) is 6.27. The van der Waals surface area contributed by atoms with Gasteiger partial charge in [-0.1, -0.05) is 12.1 Å². The fourth-order valence-electron chi connectivity index (χ4n) is 3.21. The Hall–Kier alpha value is -2.83. The molecule has 0 fully saturated rings. The summed E-state index contributed by atoms with van der Waals surface area (Å²) in [5, 5.41) is 11.3. The minimum Gasteiger partial charge on any atom is -0.482 e. The molecule has 1 N–H and O–H groups in total. The van der Waals surface area contributed by atoms with Gasteiger partial charge in [0.1, 0.15) is 11.9 Å². The summed E-state index contributed by atoms with van der Waals surface area (Å²) >= 11 is 0. The van der Waals surface area contributed by atoms with Crippen molar-refractivity contribution in [3.8, 4) is 11.5 Å². The van der Waals surface area contributed by atoms with Crippen LogP contribution >= 0.6 is 0 Å². The van der Waals surface area contributed by atoms with E-state index < -0.39 is 6.10 Å². The standard InChI is InChI=1S/C18H20N4O3/c1-11-17(25-15-6-4-3-5-14(15)24-11)18(23)22-8-7-13-12(10-22)9-16(19-2)21-20-13/h3-6,9,11,17H,7-8,10H2,1-2H3,(H,19,21)/t11-,17+/m1/s1. The number of fused-ring (bicyclic) bond motifs is 2. The van der Waals surface area contributed by atoms with Crippen LogP contribution in [0.4, 0.5) is 5.82 Å². The average molecular weight is 340 g/mol. The number of carbonyl (C=O) groups excluding carboxylic acids is 1. The second-order valence-corrected chi connectivity index (χ2v) is 6.27. The Labute approximate surface area is 146 Å². The molecule has 0 radical (unpaired) electrons. The van der Waals surface area contributed by atoms with Gasteiger partial charge in [-0.3, -0.25) is 4.79 Å². The molecule has 0 saturated heterocycles. The third kappa shape index (κ3) is 2.86. The number of amides is 1. The summed E-state index contributed by atoms with van der Waals surface area (Å²) in [6, 6.07) is 9.37. The summed E-state index contributed by atoms with van der Waals surface area (Å²) in [6.07, 6.45) is -0.293. The first-order valence-corrected chi connectivity index (χ1v) is 8.40. The predicted molar refractivity (Wildman–Crippen MR) is 91.6 cm³/mol. The highest BCUT2D eigenvalue weighted by Gasteiger charge is 2.37. The lowest BCUT2D eigenvalue weighted by molar-refractivity contribution is -0.145. The molecule has 130 valence electrons. The fourth-order valence-corrected chi connectivity index (χ4v) is 3.21. The molecule has 7 nitrogen and oxygen atoms in total. The van der Waals surface area contributed by atoms with Gasteiger partial charge in [0.2, 0.25) is 6.10 Å². The van der Waals surface area contributed by atoms with Crippen molar-refractivity contribution in [1.29, 1.82) is 0 Å². The van der Waals surface area contributed by atoms with Crippen LogP contribution in [0.1, 0.15) is 18.2 Å². The first kappa shape index (κ1) is 15.7. The molecule has 2 aromatic rings. The molecule has 0 spiro atoms. The molecule has 2 aliphatic rings. The lowest BCUT2D eigenvalue weighted by atomic mass is 10.0. The Kier molecular flexibility index (Phi) is 3.91. The van der Waals surface area contributed by atoms with Crippen LogP contribution in [0, 0.1) is 0 Å². The smallest absolute Gasteiger partial charge is 0.267 e. The number of rotatable bonds is 2. The zero-order valence-electron chi connectivity index (χ0n) is 14.2. The van der Waals surface area contributed by atoms with E-state index in [4.69, 9.17) is 9.47 Å². The van der Waals surface area contributed by atoms with E-state index in [9.17, 15) is 4.79 Å². The monoisotopic (exact) mass is 340 g/mol. The fraction of sp³-hybridized carbons (Fsp3) is 0.389. The predicted octanol–water partition coefficient (Wildman–Crippen LogP) is 1.63. The van der Waals surface area contributed by atoms with E-state index in [1.807, 2.05) is 42.2 Å². The quantitative estimate of drug-likeness (QED) is 0.895. The molecule has 1 aromatic carbocycles. The number of aromatic nitrogens is 2. The molecule has 7 heteroatoms. The Morgan fingerprint density at radius 1 is 1.24 bits per heavy atom. The van der Waals surface area contributed by atoms with E-state index in [0.29, 0.717) is 36.8 Å². The van der Waals surface area contributed by atoms with Crippen LogP contribution in [0.5, 0.6) is 11.5 Å². The van der Waals surface area contributed by atoms with Crippen molar-refractivity contribution in [2.45, 2.75) is 32.1 Å². The van der Waals surface area contributed by atoms with Crippen LogP contribution in [0.15, 0.2) is 30.3 Å². The SMILES string of the molecule is CNc1cc2c(nn1)CCN(C(=O)[C@H]1Oc3ccccc3O[C@@H]1C)C2. The van der Waals surface area contributed by atoms with Gasteiger partial charge >= 0.3 is 0 Å². The minimum atomic E-state index is -0.644. The highest BCUT2D eigenvalue weighted by atomic mass is 16.6. The number of ether oxygens (including phenoxy) is 2. The highest BCUT2D eigenvalue weighted by molar-refractivity contribution is 5.82. The molecule has 0 bridgehead atoms. The molecule has 0 unspecified atom stereocenters. The molecule has 0 saturated carbocycles. The number of para-hydroxylation sites is 2. The van der Waals surface area contributed by atoms with Gasteiger partial charge in [0.15, 0.2) is 11.5 Å². The molecule has 25 heavy (non-hydrogen) atoms. The van der Waals surface area contributed by atoms with E-state index in [-0.39, 0.29) is 12.0 Å². The number of benzene rings is 1. The van der Waals surface area contributed by atoms with E-state index in [1.54, 1.807) is 7.05 Å². The van der Waals surface area contributed by atoms with Crippen LogP contribution in [0.3, 0.4) is 0 Å².